The number of hydrogen-bond acceptors (Lipinski definition) is 7. The van der Waals surface area contributed by atoms with Gasteiger partial charge in [0.25, 0.3) is 5.91 Å². The highest BCUT2D eigenvalue weighted by Gasteiger charge is 2.54. The molecule has 2 aromatic rings. The van der Waals surface area contributed by atoms with Gasteiger partial charge in [0, 0.05) is 41.6 Å². The Morgan fingerprint density at radius 3 is 2.48 bits per heavy atom. The number of benzene rings is 2. The van der Waals surface area contributed by atoms with E-state index in [1.54, 1.807) is 0 Å². The molecule has 0 saturated heterocycles. The molecule has 8 nitrogen and oxygen atoms in total. The lowest BCUT2D eigenvalue weighted by Gasteiger charge is -2.32. The molecule has 1 aliphatic carbocycles. The molecule has 0 radical (unpaired) electrons. The third-order valence-electron chi connectivity index (χ3n) is 7.62. The molecule has 1 saturated carbocycles. The Morgan fingerprint density at radius 1 is 1.10 bits per heavy atom. The first-order valence-corrected chi connectivity index (χ1v) is 15.8. The fraction of sp³-hybridized carbons (Fsp3) is 0.545. The van der Waals surface area contributed by atoms with E-state index in [2.05, 4.69) is 21.2 Å². The predicted octanol–water partition coefficient (Wildman–Crippen LogP) is 6.29. The number of hydrogen-bond donors (Lipinski definition) is 2. The number of esters is 1. The number of ether oxygens (including phenoxy) is 3. The number of aliphatic imine (C=N–C) groups is 1. The van der Waals surface area contributed by atoms with Gasteiger partial charge in [-0.3, -0.25) is 9.59 Å². The van der Waals surface area contributed by atoms with Crippen LogP contribution in [0.5, 0.6) is 5.75 Å². The van der Waals surface area contributed by atoms with Gasteiger partial charge in [-0.1, -0.05) is 53.4 Å². The van der Waals surface area contributed by atoms with Crippen molar-refractivity contribution in [2.75, 3.05) is 19.8 Å². The first kappa shape index (κ1) is 32.0. The Hall–Kier alpha value is -2.91. The maximum atomic E-state index is 14.3. The Balaban J connectivity index is 1.69. The van der Waals surface area contributed by atoms with Crippen molar-refractivity contribution in [3.05, 3.63) is 64.1 Å². The van der Waals surface area contributed by atoms with Crippen molar-refractivity contribution in [2.24, 2.45) is 10.9 Å². The van der Waals surface area contributed by atoms with Crippen molar-refractivity contribution in [1.29, 1.82) is 0 Å². The standard InChI is InChI=1S/C33H43BrN2O6/c1-32(2,3)42-28(38)18-19-33(31(39)35-22-23-10-5-4-6-11-23)29(26-12-7-8-13-27(26)34)41-30(36-33)24-14-16-25(17-15-24)40-21-9-20-37/h7-8,12-17,23,29,37H,4-6,9-11,18-22H2,1-3H3,(H,35,39)/t29-,33-/m1/s1. The van der Waals surface area contributed by atoms with Crippen molar-refractivity contribution in [1.82, 2.24) is 5.32 Å². The molecule has 2 aliphatic rings. The molecule has 4 rings (SSSR count). The summed E-state index contributed by atoms with van der Waals surface area (Å²) >= 11 is 3.66. The molecule has 1 heterocycles. The van der Waals surface area contributed by atoms with Gasteiger partial charge in [-0.2, -0.15) is 0 Å². The number of carbonyl (C=O) groups is 2. The van der Waals surface area contributed by atoms with Crippen LogP contribution in [0.3, 0.4) is 0 Å². The van der Waals surface area contributed by atoms with Crippen LogP contribution in [0.15, 0.2) is 58.0 Å². The van der Waals surface area contributed by atoms with Gasteiger partial charge < -0.3 is 24.6 Å². The van der Waals surface area contributed by atoms with Gasteiger partial charge in [0.2, 0.25) is 5.90 Å². The lowest BCUT2D eigenvalue weighted by Crippen LogP contribution is -2.50. The minimum atomic E-state index is -1.39. The van der Waals surface area contributed by atoms with Crippen LogP contribution in [-0.4, -0.2) is 53.8 Å². The topological polar surface area (TPSA) is 106 Å². The van der Waals surface area contributed by atoms with Crippen LogP contribution in [-0.2, 0) is 19.1 Å². The Labute approximate surface area is 257 Å². The van der Waals surface area contributed by atoms with Crippen LogP contribution in [0.2, 0.25) is 0 Å². The van der Waals surface area contributed by atoms with Gasteiger partial charge in [0.15, 0.2) is 11.6 Å². The third-order valence-corrected chi connectivity index (χ3v) is 8.35. The van der Waals surface area contributed by atoms with Crippen LogP contribution in [0.1, 0.15) is 89.4 Å². The highest BCUT2D eigenvalue weighted by atomic mass is 79.9. The van der Waals surface area contributed by atoms with Crippen LogP contribution in [0.4, 0.5) is 0 Å². The molecule has 0 spiro atoms. The van der Waals surface area contributed by atoms with Crippen LogP contribution < -0.4 is 10.1 Å². The van der Waals surface area contributed by atoms with Crippen molar-refractivity contribution in [3.8, 4) is 5.75 Å². The molecule has 9 heteroatoms. The number of aliphatic hydroxyl groups excluding tert-OH is 1. The zero-order valence-corrected chi connectivity index (χ0v) is 26.5. The molecule has 0 unspecified atom stereocenters. The van der Waals surface area contributed by atoms with Crippen molar-refractivity contribution < 1.29 is 28.9 Å². The summed E-state index contributed by atoms with van der Waals surface area (Å²) in [5.41, 5.74) is -0.559. The Kier molecular flexibility index (Phi) is 11.1. The SMILES string of the molecule is CC(C)(C)OC(=O)CC[C@@]1(C(=O)NCC2CCCCC2)N=C(c2ccc(OCCCO)cc2)O[C@@H]1c1ccccc1Br. The molecule has 2 aromatic carbocycles. The number of nitrogens with zero attached hydrogens (tertiary/aromatic N) is 1. The number of rotatable bonds is 12. The smallest absolute Gasteiger partial charge is 0.306 e. The van der Waals surface area contributed by atoms with E-state index in [4.69, 9.17) is 24.3 Å². The largest absolute Gasteiger partial charge is 0.494 e. The zero-order chi connectivity index (χ0) is 30.2. The highest BCUT2D eigenvalue weighted by Crippen LogP contribution is 2.45. The van der Waals surface area contributed by atoms with Gasteiger partial charge in [-0.25, -0.2) is 4.99 Å². The second-order valence-electron chi connectivity index (χ2n) is 12.1. The fourth-order valence-corrected chi connectivity index (χ4v) is 5.99. The molecule has 1 fully saturated rings. The summed E-state index contributed by atoms with van der Waals surface area (Å²) in [6.07, 6.45) is 5.68. The molecule has 2 N–H and O–H groups in total. The first-order valence-electron chi connectivity index (χ1n) is 15.0. The maximum absolute atomic E-state index is 14.3. The summed E-state index contributed by atoms with van der Waals surface area (Å²) in [5, 5.41) is 12.2. The van der Waals surface area contributed by atoms with Gasteiger partial charge in [0.1, 0.15) is 11.4 Å². The van der Waals surface area contributed by atoms with E-state index in [0.29, 0.717) is 42.7 Å². The summed E-state index contributed by atoms with van der Waals surface area (Å²) < 4.78 is 18.6. The lowest BCUT2D eigenvalue weighted by molar-refractivity contribution is -0.155. The van der Waals surface area contributed by atoms with Crippen LogP contribution in [0.25, 0.3) is 0 Å². The molecule has 1 aliphatic heterocycles. The van der Waals surface area contributed by atoms with E-state index >= 15 is 0 Å². The molecular formula is C33H43BrN2O6. The lowest BCUT2D eigenvalue weighted by atomic mass is 9.82. The molecular weight excluding hydrogens is 600 g/mol. The third kappa shape index (κ3) is 8.34. The summed E-state index contributed by atoms with van der Waals surface area (Å²) in [6.45, 7) is 6.52. The summed E-state index contributed by atoms with van der Waals surface area (Å²) in [4.78, 5) is 32.2. The number of aliphatic hydroxyl groups is 1. The molecule has 1 amide bonds. The van der Waals surface area contributed by atoms with E-state index in [0.717, 1.165) is 22.9 Å². The summed E-state index contributed by atoms with van der Waals surface area (Å²) in [7, 11) is 0. The average molecular weight is 644 g/mol. The van der Waals surface area contributed by atoms with E-state index in [1.807, 2.05) is 69.3 Å². The Bertz CT molecular complexity index is 1240. The maximum Gasteiger partial charge on any atom is 0.306 e. The fourth-order valence-electron chi connectivity index (χ4n) is 5.50. The Morgan fingerprint density at radius 2 is 1.81 bits per heavy atom. The average Bonchev–Trinajstić information content (AvgIpc) is 3.36. The van der Waals surface area contributed by atoms with Crippen molar-refractivity contribution in [2.45, 2.75) is 89.4 Å². The molecule has 2 atom stereocenters. The molecule has 0 bridgehead atoms. The highest BCUT2D eigenvalue weighted by molar-refractivity contribution is 9.10. The predicted molar refractivity (Wildman–Crippen MR) is 166 cm³/mol. The second-order valence-corrected chi connectivity index (χ2v) is 13.0. The number of nitrogens with one attached hydrogen (secondary N) is 1. The van der Waals surface area contributed by atoms with E-state index < -0.39 is 17.2 Å². The quantitative estimate of drug-likeness (QED) is 0.208. The number of carbonyl (C=O) groups excluding carboxylic acids is 2. The summed E-state index contributed by atoms with van der Waals surface area (Å²) in [5.74, 6) is 0.776. The number of halogens is 1. The van der Waals surface area contributed by atoms with Gasteiger partial charge in [0.05, 0.1) is 6.61 Å². The second kappa shape index (κ2) is 14.5. The van der Waals surface area contributed by atoms with E-state index in [-0.39, 0.29) is 31.3 Å². The van der Waals surface area contributed by atoms with Crippen LogP contribution in [0, 0.1) is 5.92 Å². The zero-order valence-electron chi connectivity index (χ0n) is 24.9. The minimum absolute atomic E-state index is 0.00679. The monoisotopic (exact) mass is 642 g/mol. The van der Waals surface area contributed by atoms with Crippen LogP contribution >= 0.6 is 15.9 Å². The normalized spacial score (nSPS) is 20.9. The van der Waals surface area contributed by atoms with Gasteiger partial charge in [-0.05, 0) is 76.3 Å². The van der Waals surface area contributed by atoms with Crippen molar-refractivity contribution in [3.63, 3.8) is 0 Å². The molecule has 228 valence electrons. The minimum Gasteiger partial charge on any atom is -0.494 e. The van der Waals surface area contributed by atoms with Crippen molar-refractivity contribution >= 4 is 33.7 Å². The van der Waals surface area contributed by atoms with Gasteiger partial charge in [-0.15, -0.1) is 0 Å². The number of amides is 1. The van der Waals surface area contributed by atoms with E-state index in [9.17, 15) is 9.59 Å². The van der Waals surface area contributed by atoms with Gasteiger partial charge >= 0.3 is 5.97 Å². The molecule has 0 aromatic heterocycles. The van der Waals surface area contributed by atoms with E-state index in [1.165, 1.54) is 19.3 Å². The first-order chi connectivity index (χ1) is 20.1. The summed E-state index contributed by atoms with van der Waals surface area (Å²) in [6, 6.07) is 15.0. The molecule has 42 heavy (non-hydrogen) atoms.